The number of rotatable bonds is 9. The van der Waals surface area contributed by atoms with Crippen LogP contribution in [0.15, 0.2) is 29.2 Å². The minimum Gasteiger partial charge on any atom is -0.464 e. The lowest BCUT2D eigenvalue weighted by Gasteiger charge is -2.22. The molecule has 0 unspecified atom stereocenters. The average molecular weight is 439 g/mol. The van der Waals surface area contributed by atoms with E-state index in [1.807, 2.05) is 13.8 Å². The topological polar surface area (TPSA) is 96.5 Å². The fourth-order valence-electron chi connectivity index (χ4n) is 3.16. The summed E-state index contributed by atoms with van der Waals surface area (Å²) in [6, 6.07) is 4.50. The molecular weight excluding hydrogens is 411 g/mol. The van der Waals surface area contributed by atoms with E-state index < -0.39 is 34.1 Å². The quantitative estimate of drug-likeness (QED) is 0.478. The predicted octanol–water partition coefficient (Wildman–Crippen LogP) is 3.48. The SMILES string of the molecule is COC(=O)c1[nH]c(C)c(C(=O)CN(CCC(C)C)S(=O)(=O)c2ccc(F)cc2)c1C. The molecule has 1 N–H and O–H groups in total. The van der Waals surface area contributed by atoms with Crippen molar-refractivity contribution < 1.29 is 27.1 Å². The molecule has 0 fully saturated rings. The first kappa shape index (κ1) is 23.8. The number of aryl methyl sites for hydroxylation is 1. The molecule has 0 bridgehead atoms. The Kier molecular flexibility index (Phi) is 7.54. The zero-order valence-corrected chi connectivity index (χ0v) is 18.6. The zero-order chi connectivity index (χ0) is 22.6. The number of benzene rings is 1. The summed E-state index contributed by atoms with van der Waals surface area (Å²) >= 11 is 0. The van der Waals surface area contributed by atoms with Gasteiger partial charge < -0.3 is 9.72 Å². The standard InChI is InChI=1S/C21H27FN2O5S/c1-13(2)10-11-24(30(27,28)17-8-6-16(22)7-9-17)12-18(25)19-14(3)20(21(26)29-5)23-15(19)4/h6-9,13,23H,10-12H2,1-5H3. The molecule has 2 aromatic rings. The number of ether oxygens (including phenoxy) is 1. The minimum absolute atomic E-state index is 0.0850. The Morgan fingerprint density at radius 3 is 2.30 bits per heavy atom. The molecule has 9 heteroatoms. The Labute approximate surface area is 176 Å². The van der Waals surface area contributed by atoms with Crippen molar-refractivity contribution in [1.82, 2.24) is 9.29 Å². The Bertz CT molecular complexity index is 1030. The van der Waals surface area contributed by atoms with Gasteiger partial charge in [0, 0.05) is 17.8 Å². The highest BCUT2D eigenvalue weighted by molar-refractivity contribution is 7.89. The van der Waals surface area contributed by atoms with E-state index in [-0.39, 0.29) is 28.6 Å². The number of nitrogens with zero attached hydrogens (tertiary/aromatic N) is 1. The van der Waals surface area contributed by atoms with Gasteiger partial charge >= 0.3 is 5.97 Å². The van der Waals surface area contributed by atoms with Crippen LogP contribution >= 0.6 is 0 Å². The van der Waals surface area contributed by atoms with Crippen molar-refractivity contribution in [1.29, 1.82) is 0 Å². The number of ketones is 1. The van der Waals surface area contributed by atoms with Gasteiger partial charge in [0.05, 0.1) is 18.6 Å². The Morgan fingerprint density at radius 1 is 1.17 bits per heavy atom. The number of sulfonamides is 1. The van der Waals surface area contributed by atoms with Gasteiger partial charge in [-0.3, -0.25) is 4.79 Å². The summed E-state index contributed by atoms with van der Waals surface area (Å²) in [5.41, 5.74) is 1.29. The molecule has 0 aliphatic heterocycles. The molecule has 0 saturated carbocycles. The summed E-state index contributed by atoms with van der Waals surface area (Å²) in [5.74, 6) is -1.38. The highest BCUT2D eigenvalue weighted by Crippen LogP contribution is 2.22. The second-order valence-electron chi connectivity index (χ2n) is 7.51. The third kappa shape index (κ3) is 5.14. The lowest BCUT2D eigenvalue weighted by molar-refractivity contribution is 0.0593. The maximum Gasteiger partial charge on any atom is 0.354 e. The number of H-pyrrole nitrogens is 1. The smallest absolute Gasteiger partial charge is 0.354 e. The van der Waals surface area contributed by atoms with Crippen molar-refractivity contribution in [2.75, 3.05) is 20.2 Å². The molecule has 2 rings (SSSR count). The van der Waals surface area contributed by atoms with Gasteiger partial charge in [-0.2, -0.15) is 4.31 Å². The van der Waals surface area contributed by atoms with Crippen LogP contribution in [0.5, 0.6) is 0 Å². The molecular formula is C21H27FN2O5S. The van der Waals surface area contributed by atoms with Gasteiger partial charge in [-0.1, -0.05) is 13.8 Å². The minimum atomic E-state index is -4.01. The number of aromatic nitrogens is 1. The van der Waals surface area contributed by atoms with E-state index in [0.717, 1.165) is 16.4 Å². The second kappa shape index (κ2) is 9.53. The summed E-state index contributed by atoms with van der Waals surface area (Å²) in [4.78, 5) is 27.7. The van der Waals surface area contributed by atoms with Gasteiger partial charge in [0.1, 0.15) is 11.5 Å². The van der Waals surface area contributed by atoms with Crippen LogP contribution in [-0.2, 0) is 14.8 Å². The van der Waals surface area contributed by atoms with Crippen LogP contribution in [0.25, 0.3) is 0 Å². The van der Waals surface area contributed by atoms with Crippen molar-refractivity contribution >= 4 is 21.8 Å². The third-order valence-corrected chi connectivity index (χ3v) is 6.69. The predicted molar refractivity (Wildman–Crippen MR) is 111 cm³/mol. The maximum absolute atomic E-state index is 13.2. The largest absolute Gasteiger partial charge is 0.464 e. The molecule has 30 heavy (non-hydrogen) atoms. The monoisotopic (exact) mass is 438 g/mol. The summed E-state index contributed by atoms with van der Waals surface area (Å²) in [5, 5.41) is 0. The number of methoxy groups -OCH3 is 1. The van der Waals surface area contributed by atoms with Crippen molar-refractivity contribution in [3.05, 3.63) is 52.6 Å². The fourth-order valence-corrected chi connectivity index (χ4v) is 4.57. The summed E-state index contributed by atoms with van der Waals surface area (Å²) in [7, 11) is -2.77. The molecule has 0 spiro atoms. The zero-order valence-electron chi connectivity index (χ0n) is 17.8. The van der Waals surface area contributed by atoms with Gasteiger partial charge in [-0.15, -0.1) is 0 Å². The lowest BCUT2D eigenvalue weighted by Crippen LogP contribution is -2.37. The molecule has 0 aliphatic carbocycles. The van der Waals surface area contributed by atoms with E-state index in [4.69, 9.17) is 4.74 Å². The number of aromatic amines is 1. The number of hydrogen-bond donors (Lipinski definition) is 1. The van der Waals surface area contributed by atoms with Crippen molar-refractivity contribution in [3.8, 4) is 0 Å². The summed E-state index contributed by atoms with van der Waals surface area (Å²) in [6.07, 6.45) is 0.548. The Hall–Kier alpha value is -2.52. The molecule has 7 nitrogen and oxygen atoms in total. The summed E-state index contributed by atoms with van der Waals surface area (Å²) < 4.78 is 45.3. The van der Waals surface area contributed by atoms with Gasteiger partial charge in [0.15, 0.2) is 5.78 Å². The van der Waals surface area contributed by atoms with Gasteiger partial charge in [-0.05, 0) is 56.0 Å². The van der Waals surface area contributed by atoms with Crippen LogP contribution in [-0.4, -0.2) is 49.7 Å². The van der Waals surface area contributed by atoms with E-state index in [2.05, 4.69) is 4.98 Å². The van der Waals surface area contributed by atoms with Crippen LogP contribution in [0.2, 0.25) is 0 Å². The molecule has 0 amide bonds. The number of nitrogens with one attached hydrogen (secondary N) is 1. The van der Waals surface area contributed by atoms with E-state index in [1.165, 1.54) is 19.2 Å². The highest BCUT2D eigenvalue weighted by Gasteiger charge is 2.30. The van der Waals surface area contributed by atoms with E-state index in [1.54, 1.807) is 13.8 Å². The lowest BCUT2D eigenvalue weighted by atomic mass is 10.1. The van der Waals surface area contributed by atoms with E-state index in [0.29, 0.717) is 17.7 Å². The van der Waals surface area contributed by atoms with Crippen LogP contribution in [0.4, 0.5) is 4.39 Å². The first-order valence-corrected chi connectivity index (χ1v) is 11.0. The average Bonchev–Trinajstić information content (AvgIpc) is 2.98. The molecule has 1 aromatic carbocycles. The maximum atomic E-state index is 13.2. The second-order valence-corrected chi connectivity index (χ2v) is 9.45. The molecule has 1 heterocycles. The van der Waals surface area contributed by atoms with E-state index in [9.17, 15) is 22.4 Å². The van der Waals surface area contributed by atoms with Gasteiger partial charge in [0.25, 0.3) is 0 Å². The third-order valence-electron chi connectivity index (χ3n) is 4.83. The van der Waals surface area contributed by atoms with Crippen LogP contribution in [0.3, 0.4) is 0 Å². The Balaban J connectivity index is 2.40. The number of carbonyl (C=O) groups excluding carboxylic acids is 2. The number of esters is 1. The number of carbonyl (C=O) groups is 2. The van der Waals surface area contributed by atoms with Crippen LogP contribution < -0.4 is 0 Å². The first-order chi connectivity index (χ1) is 14.0. The van der Waals surface area contributed by atoms with Crippen LogP contribution in [0.1, 0.15) is 52.4 Å². The van der Waals surface area contributed by atoms with Crippen molar-refractivity contribution in [2.24, 2.45) is 5.92 Å². The summed E-state index contributed by atoms with van der Waals surface area (Å²) in [6.45, 7) is 6.89. The molecule has 0 radical (unpaired) electrons. The Morgan fingerprint density at radius 2 is 1.77 bits per heavy atom. The molecule has 0 atom stereocenters. The number of Topliss-reactive ketones (excluding diaryl/α,β-unsaturated/α-hetero) is 1. The van der Waals surface area contributed by atoms with Crippen LogP contribution in [0, 0.1) is 25.6 Å². The van der Waals surface area contributed by atoms with Crippen molar-refractivity contribution in [2.45, 2.75) is 39.0 Å². The van der Waals surface area contributed by atoms with E-state index >= 15 is 0 Å². The molecule has 0 saturated heterocycles. The molecule has 164 valence electrons. The van der Waals surface area contributed by atoms with Gasteiger partial charge in [0.2, 0.25) is 10.0 Å². The normalized spacial score (nSPS) is 11.9. The first-order valence-electron chi connectivity index (χ1n) is 9.55. The number of hydrogen-bond acceptors (Lipinski definition) is 5. The number of halogens is 1. The van der Waals surface area contributed by atoms with Crippen molar-refractivity contribution in [3.63, 3.8) is 0 Å². The molecule has 0 aliphatic rings. The fraction of sp³-hybridized carbons (Fsp3) is 0.429. The van der Waals surface area contributed by atoms with Gasteiger partial charge in [-0.25, -0.2) is 17.6 Å². The molecule has 1 aromatic heterocycles. The highest BCUT2D eigenvalue weighted by atomic mass is 32.2.